The quantitative estimate of drug-likeness (QED) is 0.351. The Morgan fingerprint density at radius 3 is 2.62 bits per heavy atom. The molecule has 2 aliphatic rings. The van der Waals surface area contributed by atoms with Crippen molar-refractivity contribution in [2.45, 2.75) is 51.0 Å². The lowest BCUT2D eigenvalue weighted by molar-refractivity contribution is -0.159. The fourth-order valence-electron chi connectivity index (χ4n) is 4.28. The molecule has 1 aromatic carbocycles. The van der Waals surface area contributed by atoms with Crippen molar-refractivity contribution in [1.29, 1.82) is 0 Å². The highest BCUT2D eigenvalue weighted by Crippen LogP contribution is 2.31. The Morgan fingerprint density at radius 1 is 1.21 bits per heavy atom. The highest BCUT2D eigenvalue weighted by atomic mass is 16.5. The van der Waals surface area contributed by atoms with Gasteiger partial charge in [0.2, 0.25) is 18.2 Å². The van der Waals surface area contributed by atoms with Crippen molar-refractivity contribution in [3.63, 3.8) is 0 Å². The number of carbonyl (C=O) groups is 3. The molecule has 2 fully saturated rings. The Kier molecular flexibility index (Phi) is 7.60. The monoisotopic (exact) mass is 402 g/mol. The van der Waals surface area contributed by atoms with Crippen LogP contribution in [0.4, 0.5) is 5.69 Å². The predicted octanol–water partition coefficient (Wildman–Crippen LogP) is 2.16. The number of amides is 3. The maximum absolute atomic E-state index is 13.1. The topological polar surface area (TPSA) is 102 Å². The van der Waals surface area contributed by atoms with Crippen LogP contribution in [0.25, 0.3) is 0 Å². The predicted molar refractivity (Wildman–Crippen MR) is 108 cm³/mol. The Bertz CT molecular complexity index is 693. The molecule has 1 saturated carbocycles. The summed E-state index contributed by atoms with van der Waals surface area (Å²) in [6, 6.07) is 8.70. The molecule has 1 heterocycles. The van der Waals surface area contributed by atoms with Crippen molar-refractivity contribution in [3.05, 3.63) is 30.3 Å². The Balaban J connectivity index is 1.62. The van der Waals surface area contributed by atoms with E-state index < -0.39 is 12.0 Å². The van der Waals surface area contributed by atoms with Crippen LogP contribution in [0.1, 0.15) is 44.9 Å². The van der Waals surface area contributed by atoms with Gasteiger partial charge >= 0.3 is 0 Å². The second kappa shape index (κ2) is 10.4. The molecule has 2 atom stereocenters. The van der Waals surface area contributed by atoms with Crippen molar-refractivity contribution >= 4 is 23.9 Å². The maximum Gasteiger partial charge on any atom is 0.243 e. The maximum atomic E-state index is 13.1. The van der Waals surface area contributed by atoms with E-state index in [4.69, 9.17) is 0 Å². The molecule has 3 amide bonds. The number of hydrazine groups is 1. The summed E-state index contributed by atoms with van der Waals surface area (Å²) in [4.78, 5) is 36.6. The van der Waals surface area contributed by atoms with Crippen molar-refractivity contribution in [1.82, 2.24) is 15.5 Å². The molecule has 0 aromatic heterocycles. The fraction of sp³-hybridized carbons (Fsp3) is 0.571. The molecular formula is C21H30N4O4. The molecule has 0 radical (unpaired) electrons. The van der Waals surface area contributed by atoms with Crippen molar-refractivity contribution in [2.75, 3.05) is 18.4 Å². The van der Waals surface area contributed by atoms with Gasteiger partial charge < -0.3 is 5.32 Å². The molecule has 1 aliphatic heterocycles. The van der Waals surface area contributed by atoms with Gasteiger partial charge in [0.25, 0.3) is 0 Å². The highest BCUT2D eigenvalue weighted by Gasteiger charge is 2.34. The van der Waals surface area contributed by atoms with E-state index in [1.54, 1.807) is 0 Å². The molecule has 8 nitrogen and oxygen atoms in total. The van der Waals surface area contributed by atoms with Crippen LogP contribution < -0.4 is 10.7 Å². The fourth-order valence-corrected chi connectivity index (χ4v) is 4.28. The third-order valence-corrected chi connectivity index (χ3v) is 5.78. The minimum Gasteiger partial charge on any atom is -0.325 e. The lowest BCUT2D eigenvalue weighted by Gasteiger charge is -2.36. The third-order valence-electron chi connectivity index (χ3n) is 5.78. The zero-order chi connectivity index (χ0) is 20.6. The molecule has 29 heavy (non-hydrogen) atoms. The van der Waals surface area contributed by atoms with Gasteiger partial charge in [-0.1, -0.05) is 43.9 Å². The second-order valence-electron chi connectivity index (χ2n) is 7.98. The average Bonchev–Trinajstić information content (AvgIpc) is 3.26. The lowest BCUT2D eigenvalue weighted by Crippen LogP contribution is -2.58. The summed E-state index contributed by atoms with van der Waals surface area (Å²) in [5.41, 5.74) is 3.76. The van der Waals surface area contributed by atoms with E-state index in [1.165, 1.54) is 5.01 Å². The van der Waals surface area contributed by atoms with Gasteiger partial charge in [-0.3, -0.25) is 24.6 Å². The van der Waals surface area contributed by atoms with Gasteiger partial charge in [-0.15, -0.1) is 0 Å². The number of nitrogens with one attached hydrogen (secondary N) is 2. The van der Waals surface area contributed by atoms with Crippen LogP contribution in [0.2, 0.25) is 0 Å². The van der Waals surface area contributed by atoms with Crippen LogP contribution in [0.5, 0.6) is 0 Å². The number of hydrogen-bond acceptors (Lipinski definition) is 5. The molecule has 1 saturated heterocycles. The Labute approximate surface area is 171 Å². The number of hydrogen-bond donors (Lipinski definition) is 3. The van der Waals surface area contributed by atoms with Crippen molar-refractivity contribution in [2.24, 2.45) is 11.8 Å². The zero-order valence-electron chi connectivity index (χ0n) is 16.6. The summed E-state index contributed by atoms with van der Waals surface area (Å²) >= 11 is 0. The van der Waals surface area contributed by atoms with E-state index in [-0.39, 0.29) is 18.4 Å². The van der Waals surface area contributed by atoms with Gasteiger partial charge in [0, 0.05) is 12.2 Å². The molecule has 1 aromatic rings. The zero-order valence-corrected chi connectivity index (χ0v) is 16.6. The number of anilines is 1. The SMILES string of the molecule is O=CN(O)C[C@@H](CC1CCCC1)C(=O)N1CCC[C@@H](C(=O)Nc2ccccc2)N1. The molecule has 0 bridgehead atoms. The van der Waals surface area contributed by atoms with E-state index in [0.29, 0.717) is 48.9 Å². The molecule has 3 N–H and O–H groups in total. The van der Waals surface area contributed by atoms with Crippen LogP contribution >= 0.6 is 0 Å². The molecule has 1 aliphatic carbocycles. The normalized spacial score (nSPS) is 20.9. The lowest BCUT2D eigenvalue weighted by atomic mass is 9.92. The first-order valence-corrected chi connectivity index (χ1v) is 10.4. The second-order valence-corrected chi connectivity index (χ2v) is 7.98. The van der Waals surface area contributed by atoms with Crippen molar-refractivity contribution < 1.29 is 19.6 Å². The summed E-state index contributed by atoms with van der Waals surface area (Å²) in [6.45, 7) is 0.472. The van der Waals surface area contributed by atoms with Crippen molar-refractivity contribution in [3.8, 4) is 0 Å². The van der Waals surface area contributed by atoms with Crippen LogP contribution in [-0.4, -0.2) is 52.6 Å². The third kappa shape index (κ3) is 6.01. The Morgan fingerprint density at radius 2 is 1.93 bits per heavy atom. The van der Waals surface area contributed by atoms with E-state index in [0.717, 1.165) is 25.7 Å². The number of hydroxylamine groups is 2. The van der Waals surface area contributed by atoms with Crippen LogP contribution in [0.3, 0.4) is 0 Å². The van der Waals surface area contributed by atoms with E-state index in [9.17, 15) is 19.6 Å². The summed E-state index contributed by atoms with van der Waals surface area (Å²) in [7, 11) is 0. The molecule has 0 spiro atoms. The number of rotatable bonds is 8. The van der Waals surface area contributed by atoms with Gasteiger partial charge in [0.05, 0.1) is 12.5 Å². The number of carbonyl (C=O) groups excluding carboxylic acids is 3. The standard InChI is InChI=1S/C21H30N4O4/c26-15-24(29)14-17(13-16-7-4-5-8-16)21(28)25-12-6-11-19(23-25)20(27)22-18-9-2-1-3-10-18/h1-3,9-10,15-17,19,23,29H,4-8,11-14H2,(H,22,27)/t17-,19+/m1/s1. The van der Waals surface area contributed by atoms with Gasteiger partial charge in [0.1, 0.15) is 6.04 Å². The van der Waals surface area contributed by atoms with E-state index >= 15 is 0 Å². The summed E-state index contributed by atoms with van der Waals surface area (Å²) in [5.74, 6) is -0.407. The smallest absolute Gasteiger partial charge is 0.243 e. The Hall–Kier alpha value is -2.45. The molecule has 3 rings (SSSR count). The van der Waals surface area contributed by atoms with Gasteiger partial charge in [0.15, 0.2) is 0 Å². The van der Waals surface area contributed by atoms with Gasteiger partial charge in [-0.2, -0.15) is 0 Å². The number of benzene rings is 1. The summed E-state index contributed by atoms with van der Waals surface area (Å²) < 4.78 is 0. The molecule has 158 valence electrons. The molecular weight excluding hydrogens is 372 g/mol. The average molecular weight is 402 g/mol. The first-order chi connectivity index (χ1) is 14.1. The minimum absolute atomic E-state index is 0.0299. The van der Waals surface area contributed by atoms with E-state index in [1.807, 2.05) is 30.3 Å². The first kappa shape index (κ1) is 21.3. The summed E-state index contributed by atoms with van der Waals surface area (Å²) in [6.07, 6.45) is 6.78. The largest absolute Gasteiger partial charge is 0.325 e. The van der Waals surface area contributed by atoms with Gasteiger partial charge in [-0.25, -0.2) is 10.5 Å². The first-order valence-electron chi connectivity index (χ1n) is 10.4. The summed E-state index contributed by atoms with van der Waals surface area (Å²) in [5, 5.41) is 14.6. The number of nitrogens with zero attached hydrogens (tertiary/aromatic N) is 2. The number of para-hydroxylation sites is 1. The van der Waals surface area contributed by atoms with Crippen LogP contribution in [0, 0.1) is 11.8 Å². The highest BCUT2D eigenvalue weighted by molar-refractivity contribution is 5.95. The van der Waals surface area contributed by atoms with Crippen LogP contribution in [-0.2, 0) is 14.4 Å². The molecule has 0 unspecified atom stereocenters. The van der Waals surface area contributed by atoms with Gasteiger partial charge in [-0.05, 0) is 37.3 Å². The molecule has 8 heteroatoms. The van der Waals surface area contributed by atoms with Crippen LogP contribution in [0.15, 0.2) is 30.3 Å². The van der Waals surface area contributed by atoms with E-state index in [2.05, 4.69) is 10.7 Å². The minimum atomic E-state index is -0.503.